The second-order valence-electron chi connectivity index (χ2n) is 15.4. The van der Waals surface area contributed by atoms with Gasteiger partial charge in [0.05, 0.1) is 40.0 Å². The standard InChI is InChI=1S/C46H78NO10P/c1-6-8-10-11-12-13-14-15-16-17-18-19-23-26-30-36-45(50)54-40-44(41-56-58(52,53)55-39-38-47(3,4)5)57-46(51)37-31-35-43(49)34-29-25-22-20-21-24-28-33-42(48)32-27-9-7-2/h8,10,12-13,15-16,21-22,24-25,28-29,33-34,42-44,48-49H,6-7,9,11,14,17-20,23,26-27,30-32,35-41H2,1-5H3/p+1/b10-8-,13-12-,16-15-,24-21-,25-22-,33-28+,34-29+/t42-,43-,44-/m1/s1. The molecule has 0 saturated heterocycles. The van der Waals surface area contributed by atoms with Crippen LogP contribution in [0, 0.1) is 0 Å². The minimum Gasteiger partial charge on any atom is -0.462 e. The molecule has 332 valence electrons. The Balaban J connectivity index is 4.67. The monoisotopic (exact) mass is 837 g/mol. The summed E-state index contributed by atoms with van der Waals surface area (Å²) in [6.07, 6.45) is 39.9. The maximum Gasteiger partial charge on any atom is 0.472 e. The Morgan fingerprint density at radius 1 is 0.638 bits per heavy atom. The molecule has 0 aliphatic rings. The summed E-state index contributed by atoms with van der Waals surface area (Å²) in [7, 11) is 1.30. The Hall–Kier alpha value is -2.89. The molecule has 1 unspecified atom stereocenters. The lowest BCUT2D eigenvalue weighted by Crippen LogP contribution is -2.37. The molecule has 0 aromatic carbocycles. The number of ether oxygens (including phenoxy) is 2. The van der Waals surface area contributed by atoms with Crippen molar-refractivity contribution in [3.05, 3.63) is 85.1 Å². The molecule has 11 nitrogen and oxygen atoms in total. The highest BCUT2D eigenvalue weighted by molar-refractivity contribution is 7.47. The number of aliphatic hydroxyl groups is 2. The number of nitrogens with zero attached hydrogens (tertiary/aromatic N) is 1. The first-order valence-corrected chi connectivity index (χ1v) is 23.0. The summed E-state index contributed by atoms with van der Waals surface area (Å²) in [5, 5.41) is 20.2. The zero-order valence-electron chi connectivity index (χ0n) is 36.5. The lowest BCUT2D eigenvalue weighted by Gasteiger charge is -2.24. The van der Waals surface area contributed by atoms with Crippen molar-refractivity contribution in [2.75, 3.05) is 47.5 Å². The second kappa shape index (κ2) is 37.1. The molecule has 0 aliphatic carbocycles. The molecule has 0 saturated carbocycles. The fraction of sp³-hybridized carbons (Fsp3) is 0.652. The molecule has 0 fully saturated rings. The summed E-state index contributed by atoms with van der Waals surface area (Å²) in [5.41, 5.74) is 0. The van der Waals surface area contributed by atoms with Crippen LogP contribution in [0.15, 0.2) is 85.1 Å². The number of quaternary nitrogens is 1. The van der Waals surface area contributed by atoms with Crippen molar-refractivity contribution in [2.24, 2.45) is 0 Å². The number of hydrogen-bond donors (Lipinski definition) is 3. The summed E-state index contributed by atoms with van der Waals surface area (Å²) in [6.45, 7) is 3.89. The van der Waals surface area contributed by atoms with Gasteiger partial charge in [0.15, 0.2) is 6.10 Å². The molecule has 0 rings (SSSR count). The molecule has 0 aromatic heterocycles. The number of likely N-dealkylation sites (N-methyl/N-ethyl adjacent to an activating group) is 1. The van der Waals surface area contributed by atoms with E-state index in [1.807, 2.05) is 51.5 Å². The van der Waals surface area contributed by atoms with Crippen molar-refractivity contribution in [1.29, 1.82) is 0 Å². The number of aliphatic hydroxyl groups excluding tert-OH is 2. The van der Waals surface area contributed by atoms with Gasteiger partial charge in [-0.25, -0.2) is 4.57 Å². The topological polar surface area (TPSA) is 149 Å². The first-order valence-electron chi connectivity index (χ1n) is 21.5. The Morgan fingerprint density at radius 3 is 1.84 bits per heavy atom. The third-order valence-corrected chi connectivity index (χ3v) is 9.60. The number of phosphoric ester groups is 1. The molecule has 0 aliphatic heterocycles. The minimum absolute atomic E-state index is 0.0165. The van der Waals surface area contributed by atoms with E-state index in [9.17, 15) is 29.3 Å². The van der Waals surface area contributed by atoms with Gasteiger partial charge < -0.3 is 29.1 Å². The van der Waals surface area contributed by atoms with E-state index in [1.54, 1.807) is 18.2 Å². The van der Waals surface area contributed by atoms with Crippen molar-refractivity contribution in [1.82, 2.24) is 0 Å². The molecule has 0 aromatic rings. The van der Waals surface area contributed by atoms with Gasteiger partial charge in [0.25, 0.3) is 0 Å². The molecule has 0 radical (unpaired) electrons. The van der Waals surface area contributed by atoms with Gasteiger partial charge in [0.2, 0.25) is 0 Å². The van der Waals surface area contributed by atoms with Crippen LogP contribution in [-0.4, -0.2) is 97.3 Å². The average molecular weight is 837 g/mol. The third kappa shape index (κ3) is 39.9. The number of unbranched alkanes of at least 4 members (excludes halogenated alkanes) is 7. The van der Waals surface area contributed by atoms with E-state index in [-0.39, 0.29) is 26.1 Å². The quantitative estimate of drug-likeness (QED) is 0.0138. The summed E-state index contributed by atoms with van der Waals surface area (Å²) in [5.74, 6) is -1.06. The molecular formula is C46H79NO10P+. The van der Waals surface area contributed by atoms with Gasteiger partial charge in [-0.2, -0.15) is 0 Å². The van der Waals surface area contributed by atoms with Crippen LogP contribution >= 0.6 is 7.82 Å². The Labute approximate surface area is 351 Å². The fourth-order valence-corrected chi connectivity index (χ4v) is 5.92. The van der Waals surface area contributed by atoms with Crippen molar-refractivity contribution in [3.63, 3.8) is 0 Å². The summed E-state index contributed by atoms with van der Waals surface area (Å²) in [4.78, 5) is 35.4. The maximum absolute atomic E-state index is 12.7. The normalized spacial score (nSPS) is 15.5. The van der Waals surface area contributed by atoms with Gasteiger partial charge in [0, 0.05) is 12.8 Å². The van der Waals surface area contributed by atoms with Gasteiger partial charge in [-0.05, 0) is 64.2 Å². The summed E-state index contributed by atoms with van der Waals surface area (Å²) < 4.78 is 34.0. The van der Waals surface area contributed by atoms with Crippen molar-refractivity contribution >= 4 is 19.8 Å². The molecule has 12 heteroatoms. The van der Waals surface area contributed by atoms with E-state index in [0.29, 0.717) is 36.7 Å². The molecule has 58 heavy (non-hydrogen) atoms. The summed E-state index contributed by atoms with van der Waals surface area (Å²) >= 11 is 0. The number of phosphoric acid groups is 1. The van der Waals surface area contributed by atoms with Crippen molar-refractivity contribution < 1.29 is 52.3 Å². The van der Waals surface area contributed by atoms with E-state index < -0.39 is 44.7 Å². The zero-order chi connectivity index (χ0) is 43.2. The smallest absolute Gasteiger partial charge is 0.462 e. The van der Waals surface area contributed by atoms with E-state index in [2.05, 4.69) is 50.3 Å². The van der Waals surface area contributed by atoms with Crippen LogP contribution in [0.3, 0.4) is 0 Å². The number of esters is 2. The van der Waals surface area contributed by atoms with Gasteiger partial charge in [-0.15, -0.1) is 0 Å². The lowest BCUT2D eigenvalue weighted by atomic mass is 10.1. The van der Waals surface area contributed by atoms with Crippen LogP contribution in [0.4, 0.5) is 0 Å². The summed E-state index contributed by atoms with van der Waals surface area (Å²) in [6, 6.07) is 0. The molecule has 0 amide bonds. The van der Waals surface area contributed by atoms with Gasteiger partial charge in [-0.1, -0.05) is 137 Å². The number of carbonyl (C=O) groups is 2. The molecular weight excluding hydrogens is 757 g/mol. The predicted molar refractivity (Wildman–Crippen MR) is 236 cm³/mol. The van der Waals surface area contributed by atoms with Crippen LogP contribution in [-0.2, 0) is 32.7 Å². The van der Waals surface area contributed by atoms with Crippen LogP contribution in [0.2, 0.25) is 0 Å². The molecule has 4 atom stereocenters. The Kier molecular flexibility index (Phi) is 35.3. The Morgan fingerprint density at radius 2 is 1.21 bits per heavy atom. The number of rotatable bonds is 37. The first-order chi connectivity index (χ1) is 27.8. The number of carbonyl (C=O) groups excluding carboxylic acids is 2. The van der Waals surface area contributed by atoms with E-state index in [0.717, 1.165) is 77.0 Å². The third-order valence-electron chi connectivity index (χ3n) is 8.62. The van der Waals surface area contributed by atoms with Crippen LogP contribution < -0.4 is 0 Å². The number of allylic oxidation sites excluding steroid dienone is 12. The average Bonchev–Trinajstić information content (AvgIpc) is 3.16. The largest absolute Gasteiger partial charge is 0.472 e. The lowest BCUT2D eigenvalue weighted by molar-refractivity contribution is -0.870. The molecule has 0 spiro atoms. The van der Waals surface area contributed by atoms with Gasteiger partial charge in [0.1, 0.15) is 19.8 Å². The van der Waals surface area contributed by atoms with E-state index in [1.165, 1.54) is 0 Å². The molecule has 3 N–H and O–H groups in total. The fourth-order valence-electron chi connectivity index (χ4n) is 5.18. The van der Waals surface area contributed by atoms with Crippen LogP contribution in [0.1, 0.15) is 129 Å². The second-order valence-corrected chi connectivity index (χ2v) is 16.8. The van der Waals surface area contributed by atoms with Gasteiger partial charge >= 0.3 is 19.8 Å². The zero-order valence-corrected chi connectivity index (χ0v) is 37.4. The maximum atomic E-state index is 12.7. The van der Waals surface area contributed by atoms with Crippen LogP contribution in [0.5, 0.6) is 0 Å². The van der Waals surface area contributed by atoms with Crippen molar-refractivity contribution in [3.8, 4) is 0 Å². The SMILES string of the molecule is CC/C=C\C/C=C\C/C=C\CCCCCCCC(=O)OC[C@H](COP(=O)(O)OCC[N+](C)(C)C)OC(=O)CCC[C@H](O)/C=C/C=C\C/C=C\C=C\[C@H](O)CCCCC. The Bertz CT molecular complexity index is 1300. The first kappa shape index (κ1) is 55.1. The highest BCUT2D eigenvalue weighted by Crippen LogP contribution is 2.43. The minimum atomic E-state index is -4.45. The van der Waals surface area contributed by atoms with E-state index >= 15 is 0 Å². The highest BCUT2D eigenvalue weighted by Gasteiger charge is 2.27. The van der Waals surface area contributed by atoms with Crippen molar-refractivity contribution in [2.45, 2.75) is 148 Å². The molecule has 0 heterocycles. The highest BCUT2D eigenvalue weighted by atomic mass is 31.2. The van der Waals surface area contributed by atoms with Crippen LogP contribution in [0.25, 0.3) is 0 Å². The number of hydrogen-bond acceptors (Lipinski definition) is 9. The predicted octanol–water partition coefficient (Wildman–Crippen LogP) is 9.96. The van der Waals surface area contributed by atoms with Gasteiger partial charge in [-0.3, -0.25) is 18.6 Å². The molecule has 0 bridgehead atoms. The van der Waals surface area contributed by atoms with E-state index in [4.69, 9.17) is 18.5 Å².